The Labute approximate surface area is 141 Å². The van der Waals surface area contributed by atoms with Crippen molar-refractivity contribution in [1.29, 1.82) is 0 Å². The third-order valence-electron chi connectivity index (χ3n) is 3.28. The van der Waals surface area contributed by atoms with Crippen molar-refractivity contribution in [3.63, 3.8) is 0 Å². The van der Waals surface area contributed by atoms with Crippen molar-refractivity contribution < 1.29 is 18.7 Å². The van der Waals surface area contributed by atoms with Crippen LogP contribution >= 0.6 is 0 Å². The lowest BCUT2D eigenvalue weighted by Crippen LogP contribution is -2.10. The number of esters is 1. The fourth-order valence-corrected chi connectivity index (χ4v) is 2.25. The first-order valence-electron chi connectivity index (χ1n) is 7.30. The van der Waals surface area contributed by atoms with Crippen LogP contribution in [0.25, 0.3) is 11.0 Å². The van der Waals surface area contributed by atoms with E-state index in [1.165, 1.54) is 37.6 Å². The number of nitrogens with one attached hydrogen (secondary N) is 1. The molecule has 3 aromatic rings. The van der Waals surface area contributed by atoms with Gasteiger partial charge in [-0.2, -0.15) is 0 Å². The Morgan fingerprint density at radius 2 is 2.08 bits per heavy atom. The molecule has 1 amide bonds. The summed E-state index contributed by atoms with van der Waals surface area (Å²) < 4.78 is 10.3. The number of rotatable bonds is 4. The topological polar surface area (TPSA) is 111 Å². The van der Waals surface area contributed by atoms with E-state index in [1.807, 2.05) is 0 Å². The van der Waals surface area contributed by atoms with Gasteiger partial charge in [0.15, 0.2) is 5.69 Å². The first-order chi connectivity index (χ1) is 12.0. The smallest absolute Gasteiger partial charge is 0.358 e. The average Bonchev–Trinajstić information content (AvgIpc) is 2.59. The van der Waals surface area contributed by atoms with E-state index in [2.05, 4.69) is 15.3 Å². The van der Waals surface area contributed by atoms with Gasteiger partial charge in [0.05, 0.1) is 6.20 Å². The van der Waals surface area contributed by atoms with Crippen LogP contribution in [0.1, 0.15) is 23.0 Å². The number of hydrogen-bond donors (Lipinski definition) is 1. The predicted molar refractivity (Wildman–Crippen MR) is 87.9 cm³/mol. The second kappa shape index (κ2) is 6.91. The summed E-state index contributed by atoms with van der Waals surface area (Å²) in [6.07, 6.45) is 4.12. The molecule has 3 rings (SSSR count). The zero-order valence-electron chi connectivity index (χ0n) is 13.2. The molecular weight excluding hydrogens is 326 g/mol. The van der Waals surface area contributed by atoms with Crippen molar-refractivity contribution in [1.82, 2.24) is 9.97 Å². The maximum Gasteiger partial charge on any atom is 0.358 e. The van der Waals surface area contributed by atoms with Gasteiger partial charge in [-0.25, -0.2) is 14.6 Å². The number of anilines is 1. The number of fused-ring (bicyclic) bond motifs is 1. The van der Waals surface area contributed by atoms with Crippen LogP contribution in [0.4, 0.5) is 5.69 Å². The third kappa shape index (κ3) is 3.86. The van der Waals surface area contributed by atoms with Gasteiger partial charge in [0.2, 0.25) is 5.91 Å². The Kier molecular flexibility index (Phi) is 4.51. The van der Waals surface area contributed by atoms with Crippen LogP contribution in [0, 0.1) is 0 Å². The van der Waals surface area contributed by atoms with Gasteiger partial charge in [-0.1, -0.05) is 0 Å². The molecule has 126 valence electrons. The van der Waals surface area contributed by atoms with Crippen molar-refractivity contribution in [2.45, 2.75) is 13.5 Å². The zero-order chi connectivity index (χ0) is 17.8. The van der Waals surface area contributed by atoms with E-state index in [0.717, 1.165) is 0 Å². The molecule has 0 aliphatic rings. The summed E-state index contributed by atoms with van der Waals surface area (Å²) in [6.45, 7) is 1.25. The summed E-state index contributed by atoms with van der Waals surface area (Å²) in [5.41, 5.74) is 0.750. The van der Waals surface area contributed by atoms with Crippen molar-refractivity contribution in [3.8, 4) is 0 Å². The Balaban J connectivity index is 1.87. The van der Waals surface area contributed by atoms with Crippen LogP contribution in [0.3, 0.4) is 0 Å². The van der Waals surface area contributed by atoms with Gasteiger partial charge in [-0.15, -0.1) is 0 Å². The van der Waals surface area contributed by atoms with Gasteiger partial charge in [0, 0.05) is 48.1 Å². The van der Waals surface area contributed by atoms with Crippen molar-refractivity contribution >= 4 is 28.5 Å². The van der Waals surface area contributed by atoms with E-state index < -0.39 is 11.6 Å². The Morgan fingerprint density at radius 3 is 2.80 bits per heavy atom. The minimum atomic E-state index is -0.649. The lowest BCUT2D eigenvalue weighted by atomic mass is 10.1. The summed E-state index contributed by atoms with van der Waals surface area (Å²) in [7, 11) is 0. The van der Waals surface area contributed by atoms with Gasteiger partial charge in [0.25, 0.3) is 0 Å². The normalized spacial score (nSPS) is 10.4. The average molecular weight is 339 g/mol. The second-order valence-corrected chi connectivity index (χ2v) is 5.15. The Morgan fingerprint density at radius 1 is 1.24 bits per heavy atom. The van der Waals surface area contributed by atoms with E-state index in [9.17, 15) is 14.4 Å². The maximum atomic E-state index is 11.9. The zero-order valence-corrected chi connectivity index (χ0v) is 13.2. The first kappa shape index (κ1) is 16.3. The molecule has 1 N–H and O–H groups in total. The summed E-state index contributed by atoms with van der Waals surface area (Å²) in [5, 5.41) is 3.20. The van der Waals surface area contributed by atoms with Crippen molar-refractivity contribution in [3.05, 3.63) is 64.5 Å². The predicted octanol–water partition coefficient (Wildman–Crippen LogP) is 1.90. The molecule has 8 nitrogen and oxygen atoms in total. The third-order valence-corrected chi connectivity index (χ3v) is 3.28. The highest BCUT2D eigenvalue weighted by Crippen LogP contribution is 2.22. The Bertz CT molecular complexity index is 998. The van der Waals surface area contributed by atoms with E-state index in [4.69, 9.17) is 9.15 Å². The molecule has 1 aromatic carbocycles. The number of benzene rings is 1. The summed E-state index contributed by atoms with van der Waals surface area (Å²) in [4.78, 5) is 42.4. The largest absolute Gasteiger partial charge is 0.456 e. The van der Waals surface area contributed by atoms with Crippen LogP contribution in [0.15, 0.2) is 52.1 Å². The second-order valence-electron chi connectivity index (χ2n) is 5.15. The fraction of sp³-hybridized carbons (Fsp3) is 0.118. The molecule has 0 aliphatic heterocycles. The molecule has 2 aromatic heterocycles. The molecule has 0 spiro atoms. The number of nitrogens with zero attached hydrogens (tertiary/aromatic N) is 2. The van der Waals surface area contributed by atoms with Gasteiger partial charge in [-0.05, 0) is 12.1 Å². The Hall–Kier alpha value is -3.55. The molecule has 2 heterocycles. The van der Waals surface area contributed by atoms with E-state index in [1.54, 1.807) is 12.1 Å². The number of carbonyl (C=O) groups is 2. The van der Waals surface area contributed by atoms with Crippen molar-refractivity contribution in [2.75, 3.05) is 5.32 Å². The van der Waals surface area contributed by atoms with Crippen LogP contribution in [-0.4, -0.2) is 21.8 Å². The molecular formula is C17H13N3O5. The van der Waals surface area contributed by atoms with Gasteiger partial charge >= 0.3 is 11.6 Å². The number of hydrogen-bond acceptors (Lipinski definition) is 7. The highest BCUT2D eigenvalue weighted by atomic mass is 16.5. The molecule has 0 fully saturated rings. The van der Waals surface area contributed by atoms with E-state index in [-0.39, 0.29) is 23.8 Å². The first-order valence-corrected chi connectivity index (χ1v) is 7.30. The van der Waals surface area contributed by atoms with Crippen LogP contribution in [0.5, 0.6) is 0 Å². The molecule has 8 heteroatoms. The quantitative estimate of drug-likeness (QED) is 0.570. The maximum absolute atomic E-state index is 11.9. The van der Waals surface area contributed by atoms with E-state index >= 15 is 0 Å². The van der Waals surface area contributed by atoms with Crippen LogP contribution in [0.2, 0.25) is 0 Å². The molecule has 0 atom stereocenters. The SMILES string of the molecule is CC(=O)Nc1ccc2c(COC(=O)c3cnccn3)cc(=O)oc2c1. The molecule has 0 saturated heterocycles. The summed E-state index contributed by atoms with van der Waals surface area (Å²) >= 11 is 0. The van der Waals surface area contributed by atoms with Gasteiger partial charge < -0.3 is 14.5 Å². The number of ether oxygens (including phenoxy) is 1. The monoisotopic (exact) mass is 339 g/mol. The van der Waals surface area contributed by atoms with Crippen LogP contribution < -0.4 is 10.9 Å². The van der Waals surface area contributed by atoms with Crippen LogP contribution in [-0.2, 0) is 16.1 Å². The molecule has 0 aliphatic carbocycles. The molecule has 0 radical (unpaired) electrons. The standard InChI is InChI=1S/C17H13N3O5/c1-10(21)20-12-2-3-13-11(6-16(22)25-15(13)7-12)9-24-17(23)14-8-18-4-5-19-14/h2-8H,9H2,1H3,(H,20,21). The molecule has 0 bridgehead atoms. The summed E-state index contributed by atoms with van der Waals surface area (Å²) in [5.74, 6) is -0.889. The highest BCUT2D eigenvalue weighted by Gasteiger charge is 2.12. The summed E-state index contributed by atoms with van der Waals surface area (Å²) in [6, 6.07) is 6.13. The molecule has 0 unspecified atom stereocenters. The van der Waals surface area contributed by atoms with Gasteiger partial charge in [-0.3, -0.25) is 9.78 Å². The van der Waals surface area contributed by atoms with Crippen molar-refractivity contribution in [2.24, 2.45) is 0 Å². The fourth-order valence-electron chi connectivity index (χ4n) is 2.25. The van der Waals surface area contributed by atoms with Gasteiger partial charge in [0.1, 0.15) is 12.2 Å². The molecule has 25 heavy (non-hydrogen) atoms. The minimum absolute atomic E-state index is 0.0720. The number of aromatic nitrogens is 2. The van der Waals surface area contributed by atoms with E-state index in [0.29, 0.717) is 16.6 Å². The number of amides is 1. The number of carbonyl (C=O) groups excluding carboxylic acids is 2. The highest BCUT2D eigenvalue weighted by molar-refractivity contribution is 5.92. The lowest BCUT2D eigenvalue weighted by Gasteiger charge is -2.08. The minimum Gasteiger partial charge on any atom is -0.456 e. The lowest BCUT2D eigenvalue weighted by molar-refractivity contribution is -0.114. The molecule has 0 saturated carbocycles.